The molecule has 0 radical (unpaired) electrons. The molecule has 0 aromatic carbocycles. The van der Waals surface area contributed by atoms with Crippen LogP contribution in [-0.2, 0) is 19.1 Å². The van der Waals surface area contributed by atoms with E-state index in [2.05, 4.69) is 19.6 Å². The van der Waals surface area contributed by atoms with E-state index in [0.29, 0.717) is 6.42 Å². The van der Waals surface area contributed by atoms with E-state index >= 15 is 0 Å². The third-order valence-electron chi connectivity index (χ3n) is 4.72. The maximum atomic E-state index is 14.5. The molecule has 0 amide bonds. The van der Waals surface area contributed by atoms with E-state index in [1.807, 2.05) is 0 Å². The number of carbonyl (C=O) groups is 2. The van der Waals surface area contributed by atoms with Gasteiger partial charge in [0, 0.05) is 5.92 Å². The van der Waals surface area contributed by atoms with Gasteiger partial charge in [-0.2, -0.15) is 0 Å². The number of allylic oxidation sites excluding steroid dienone is 2. The zero-order valence-electron chi connectivity index (χ0n) is 14.0. The molecule has 0 spiro atoms. The first-order chi connectivity index (χ1) is 10.2. The van der Waals surface area contributed by atoms with Crippen LogP contribution in [0.3, 0.4) is 0 Å². The van der Waals surface area contributed by atoms with Gasteiger partial charge < -0.3 is 9.47 Å². The smallest absolute Gasteiger partial charge is 0.323 e. The molecule has 0 aromatic heterocycles. The number of esters is 2. The van der Waals surface area contributed by atoms with E-state index in [1.54, 1.807) is 13.8 Å². The van der Waals surface area contributed by atoms with Crippen LogP contribution in [0, 0.1) is 17.3 Å². The number of ether oxygens (including phenoxy) is 2. The summed E-state index contributed by atoms with van der Waals surface area (Å²) in [5.41, 5.74) is -1.33. The lowest BCUT2D eigenvalue weighted by molar-refractivity contribution is -0.171. The molecule has 0 saturated heterocycles. The lowest BCUT2D eigenvalue weighted by atomic mass is 9.83. The molecule has 2 atom stereocenters. The van der Waals surface area contributed by atoms with Crippen molar-refractivity contribution in [2.24, 2.45) is 17.3 Å². The van der Waals surface area contributed by atoms with Gasteiger partial charge >= 0.3 is 11.9 Å². The van der Waals surface area contributed by atoms with Crippen LogP contribution in [0.2, 0.25) is 19.6 Å². The predicted molar refractivity (Wildman–Crippen MR) is 83.4 cm³/mol. The normalized spacial score (nSPS) is 26.3. The van der Waals surface area contributed by atoms with Gasteiger partial charge in [0.05, 0.1) is 27.1 Å². The molecule has 2 rings (SSSR count). The minimum absolute atomic E-state index is 0.0134. The number of hydrogen-bond acceptors (Lipinski definition) is 4. The van der Waals surface area contributed by atoms with Crippen molar-refractivity contribution in [1.29, 1.82) is 0 Å². The molecular formula is C16H25FO4Si. The Hall–Kier alpha value is -1.17. The topological polar surface area (TPSA) is 52.6 Å². The first-order valence-electron chi connectivity index (χ1n) is 7.93. The van der Waals surface area contributed by atoms with Gasteiger partial charge in [-0.25, -0.2) is 4.39 Å². The van der Waals surface area contributed by atoms with Crippen molar-refractivity contribution in [3.8, 4) is 0 Å². The summed E-state index contributed by atoms with van der Waals surface area (Å²) in [6.07, 6.45) is 0.498. The van der Waals surface area contributed by atoms with Gasteiger partial charge in [-0.05, 0) is 37.8 Å². The quantitative estimate of drug-likeness (QED) is 0.442. The van der Waals surface area contributed by atoms with E-state index in [0.717, 1.165) is 5.20 Å². The van der Waals surface area contributed by atoms with Crippen molar-refractivity contribution in [1.82, 2.24) is 0 Å². The van der Waals surface area contributed by atoms with Gasteiger partial charge in [0.15, 0.2) is 5.41 Å². The van der Waals surface area contributed by atoms with Gasteiger partial charge in [-0.15, -0.1) is 0 Å². The second kappa shape index (κ2) is 5.79. The molecule has 0 N–H and O–H groups in total. The van der Waals surface area contributed by atoms with Crippen molar-refractivity contribution >= 4 is 20.0 Å². The van der Waals surface area contributed by atoms with Crippen LogP contribution in [0.4, 0.5) is 4.39 Å². The third-order valence-corrected chi connectivity index (χ3v) is 6.94. The van der Waals surface area contributed by atoms with Gasteiger partial charge in [0.1, 0.15) is 0 Å². The molecule has 6 heteroatoms. The van der Waals surface area contributed by atoms with E-state index in [1.165, 1.54) is 0 Å². The number of carbonyl (C=O) groups excluding carboxylic acids is 2. The van der Waals surface area contributed by atoms with E-state index < -0.39 is 25.4 Å². The van der Waals surface area contributed by atoms with Gasteiger partial charge in [0.25, 0.3) is 0 Å². The average Bonchev–Trinajstić information content (AvgIpc) is 2.74. The molecular weight excluding hydrogens is 303 g/mol. The highest BCUT2D eigenvalue weighted by Crippen LogP contribution is 2.61. The molecule has 4 nitrogen and oxygen atoms in total. The molecule has 2 aliphatic carbocycles. The van der Waals surface area contributed by atoms with Crippen LogP contribution in [0.5, 0.6) is 0 Å². The number of halogens is 1. The second-order valence-electron chi connectivity index (χ2n) is 7.16. The Labute approximate surface area is 132 Å². The number of hydrogen-bond donors (Lipinski definition) is 0. The molecule has 22 heavy (non-hydrogen) atoms. The van der Waals surface area contributed by atoms with E-state index in [9.17, 15) is 14.0 Å². The van der Waals surface area contributed by atoms with Crippen LogP contribution in [-0.4, -0.2) is 33.2 Å². The predicted octanol–water partition coefficient (Wildman–Crippen LogP) is 3.24. The van der Waals surface area contributed by atoms with Gasteiger partial charge in [-0.1, -0.05) is 19.6 Å². The highest BCUT2D eigenvalue weighted by atomic mass is 28.3. The summed E-state index contributed by atoms with van der Waals surface area (Å²) in [4.78, 5) is 24.8. The first-order valence-corrected chi connectivity index (χ1v) is 11.4. The summed E-state index contributed by atoms with van der Waals surface area (Å²) in [6.45, 7) is 10.1. The lowest BCUT2D eigenvalue weighted by Crippen LogP contribution is -2.41. The zero-order valence-corrected chi connectivity index (χ0v) is 15.0. The van der Waals surface area contributed by atoms with E-state index in [4.69, 9.17) is 9.47 Å². The molecule has 0 heterocycles. The first kappa shape index (κ1) is 17.2. The summed E-state index contributed by atoms with van der Waals surface area (Å²) >= 11 is 0. The van der Waals surface area contributed by atoms with Crippen molar-refractivity contribution in [3.63, 3.8) is 0 Å². The van der Waals surface area contributed by atoms with Crippen molar-refractivity contribution in [2.75, 3.05) is 13.2 Å². The Morgan fingerprint density at radius 3 is 1.95 bits per heavy atom. The SMILES string of the molecule is CCOC(=O)C1(C(=O)OCC)CC2C(F)=C([Si](C)(C)C)C2C1. The average molecular weight is 328 g/mol. The van der Waals surface area contributed by atoms with Crippen LogP contribution in [0.25, 0.3) is 0 Å². The molecule has 2 unspecified atom stereocenters. The van der Waals surface area contributed by atoms with Crippen molar-refractivity contribution < 1.29 is 23.5 Å². The molecule has 0 aliphatic heterocycles. The number of rotatable bonds is 5. The summed E-state index contributed by atoms with van der Waals surface area (Å²) in [5, 5.41) is 0.868. The highest BCUT2D eigenvalue weighted by molar-refractivity contribution is 6.83. The molecule has 1 saturated carbocycles. The fourth-order valence-electron chi connectivity index (χ4n) is 3.84. The Kier molecular flexibility index (Phi) is 4.53. The monoisotopic (exact) mass is 328 g/mol. The Balaban J connectivity index is 2.31. The minimum atomic E-state index is -1.79. The summed E-state index contributed by atoms with van der Waals surface area (Å²) in [5.74, 6) is -1.56. The van der Waals surface area contributed by atoms with Gasteiger partial charge in [0.2, 0.25) is 0 Å². The zero-order chi connectivity index (χ0) is 16.7. The fraction of sp³-hybridized carbons (Fsp3) is 0.750. The van der Waals surface area contributed by atoms with Crippen molar-refractivity contribution in [3.05, 3.63) is 11.0 Å². The van der Waals surface area contributed by atoms with Crippen LogP contribution >= 0.6 is 0 Å². The Morgan fingerprint density at radius 1 is 1.09 bits per heavy atom. The van der Waals surface area contributed by atoms with Gasteiger partial charge in [-0.3, -0.25) is 9.59 Å². The number of fused-ring (bicyclic) bond motifs is 1. The summed E-state index contributed by atoms with van der Waals surface area (Å²) in [6, 6.07) is 0. The highest BCUT2D eigenvalue weighted by Gasteiger charge is 2.64. The summed E-state index contributed by atoms with van der Waals surface area (Å²) < 4.78 is 24.7. The lowest BCUT2D eigenvalue weighted by Gasteiger charge is -2.39. The maximum absolute atomic E-state index is 14.5. The minimum Gasteiger partial charge on any atom is -0.465 e. The molecule has 0 aromatic rings. The molecule has 2 aliphatic rings. The van der Waals surface area contributed by atoms with E-state index in [-0.39, 0.29) is 37.3 Å². The molecule has 124 valence electrons. The Morgan fingerprint density at radius 2 is 1.55 bits per heavy atom. The molecule has 0 bridgehead atoms. The summed E-state index contributed by atoms with van der Waals surface area (Å²) in [7, 11) is -1.79. The van der Waals surface area contributed by atoms with Crippen LogP contribution in [0.1, 0.15) is 26.7 Å². The maximum Gasteiger partial charge on any atom is 0.323 e. The van der Waals surface area contributed by atoms with Crippen molar-refractivity contribution in [2.45, 2.75) is 46.3 Å². The fourth-order valence-corrected chi connectivity index (χ4v) is 6.16. The van der Waals surface area contributed by atoms with Crippen LogP contribution < -0.4 is 0 Å². The molecule has 1 fully saturated rings. The van der Waals surface area contributed by atoms with Crippen LogP contribution in [0.15, 0.2) is 11.0 Å². The second-order valence-corrected chi connectivity index (χ2v) is 12.2. The third kappa shape index (κ3) is 2.51. The standard InChI is InChI=1S/C16H25FO4Si/c1-6-20-14(18)16(15(19)21-7-2)8-10-11(9-16)13(12(10)17)22(3,4)5/h10-11H,6-9H2,1-5H3. The Bertz CT molecular complexity index is 503. The largest absolute Gasteiger partial charge is 0.465 e.